The molecule has 3 aromatic rings. The Morgan fingerprint density at radius 1 is 0.865 bits per heavy atom. The Morgan fingerprint density at radius 3 is 2.31 bits per heavy atom. The van der Waals surface area contributed by atoms with Crippen LogP contribution in [0.1, 0.15) is 83.0 Å². The second kappa shape index (κ2) is 22.9. The van der Waals surface area contributed by atoms with Crippen LogP contribution in [-0.2, 0) is 13.0 Å². The highest BCUT2D eigenvalue weighted by atomic mass is 35.5. The molecule has 0 spiro atoms. The molecule has 0 saturated carbocycles. The molecular formula is C38H57ClN8O5. The Labute approximate surface area is 312 Å². The summed E-state index contributed by atoms with van der Waals surface area (Å²) in [5.41, 5.74) is 15.4. The minimum Gasteiger partial charge on any atom is -0.396 e. The molecule has 0 fully saturated rings. The molecule has 14 heteroatoms. The zero-order valence-electron chi connectivity index (χ0n) is 30.5. The van der Waals surface area contributed by atoms with Gasteiger partial charge in [-0.05, 0) is 73.9 Å². The molecule has 2 aromatic carbocycles. The summed E-state index contributed by atoms with van der Waals surface area (Å²) in [6.07, 6.45) is 3.86. The molecular weight excluding hydrogens is 684 g/mol. The Hall–Kier alpha value is -3.85. The number of halogens is 1. The molecule has 3 atom stereocenters. The molecule has 0 bridgehead atoms. The first-order chi connectivity index (χ1) is 25.0. The van der Waals surface area contributed by atoms with Crippen LogP contribution in [0.2, 0.25) is 5.15 Å². The molecule has 2 amide bonds. The normalized spacial score (nSPS) is 13.1. The van der Waals surface area contributed by atoms with Crippen LogP contribution >= 0.6 is 11.6 Å². The van der Waals surface area contributed by atoms with Gasteiger partial charge in [0, 0.05) is 51.4 Å². The average molecular weight is 741 g/mol. The fourth-order valence-electron chi connectivity index (χ4n) is 5.85. The van der Waals surface area contributed by atoms with Crippen molar-refractivity contribution < 1.29 is 24.9 Å². The van der Waals surface area contributed by atoms with Crippen LogP contribution in [0.4, 0.5) is 11.6 Å². The minimum atomic E-state index is -0.949. The second-order valence-electron chi connectivity index (χ2n) is 13.3. The minimum absolute atomic E-state index is 0.0358. The summed E-state index contributed by atoms with van der Waals surface area (Å²) in [4.78, 5) is 36.0. The lowest BCUT2D eigenvalue weighted by molar-refractivity contribution is -0.00368. The van der Waals surface area contributed by atoms with Crippen LogP contribution in [0.5, 0.6) is 0 Å². The fraction of sp³-hybridized carbons (Fsp3) is 0.526. The number of aromatic nitrogens is 2. The molecule has 0 aliphatic rings. The SMILES string of the molecule is CCCCCCN(CCNC(=O)c1ccc(CNC[C@H](CNC(=O)c2nc(Cl)c(N)nc2N)Cc2ccccc2C)cc1)CCC(O)C(O)CCO. The predicted molar refractivity (Wildman–Crippen MR) is 206 cm³/mol. The van der Waals surface area contributed by atoms with Gasteiger partial charge in [0.15, 0.2) is 22.5 Å². The number of nitrogens with zero attached hydrogens (tertiary/aromatic N) is 3. The average Bonchev–Trinajstić information content (AvgIpc) is 3.13. The van der Waals surface area contributed by atoms with E-state index in [9.17, 15) is 19.8 Å². The maximum Gasteiger partial charge on any atom is 0.273 e. The Kier molecular flexibility index (Phi) is 18.8. The summed E-state index contributed by atoms with van der Waals surface area (Å²) in [6, 6.07) is 15.6. The van der Waals surface area contributed by atoms with Crippen molar-refractivity contribution in [2.75, 3.05) is 57.3 Å². The summed E-state index contributed by atoms with van der Waals surface area (Å²) in [6.45, 7) is 8.10. The smallest absolute Gasteiger partial charge is 0.273 e. The van der Waals surface area contributed by atoms with Gasteiger partial charge >= 0.3 is 0 Å². The maximum absolute atomic E-state index is 12.9. The van der Waals surface area contributed by atoms with Gasteiger partial charge < -0.3 is 47.6 Å². The van der Waals surface area contributed by atoms with E-state index in [2.05, 4.69) is 56.8 Å². The quantitative estimate of drug-likeness (QED) is 0.0626. The lowest BCUT2D eigenvalue weighted by Gasteiger charge is -2.25. The van der Waals surface area contributed by atoms with Crippen molar-refractivity contribution in [2.45, 2.75) is 77.5 Å². The number of nitrogens with two attached hydrogens (primary N) is 2. The number of aliphatic hydroxyl groups excluding tert-OH is 3. The number of anilines is 2. The zero-order valence-corrected chi connectivity index (χ0v) is 31.2. The number of nitrogen functional groups attached to an aromatic ring is 2. The van der Waals surface area contributed by atoms with Crippen molar-refractivity contribution in [2.24, 2.45) is 5.92 Å². The van der Waals surface area contributed by atoms with Crippen molar-refractivity contribution >= 4 is 35.1 Å². The third kappa shape index (κ3) is 14.6. The van der Waals surface area contributed by atoms with Crippen molar-refractivity contribution in [1.29, 1.82) is 0 Å². The van der Waals surface area contributed by atoms with Gasteiger partial charge in [-0.1, -0.05) is 74.2 Å². The van der Waals surface area contributed by atoms with Gasteiger partial charge in [0.2, 0.25) is 0 Å². The number of benzene rings is 2. The molecule has 0 aliphatic heterocycles. The Morgan fingerprint density at radius 2 is 1.60 bits per heavy atom. The number of carbonyl (C=O) groups is 2. The largest absolute Gasteiger partial charge is 0.396 e. The number of rotatable bonds is 24. The molecule has 13 nitrogen and oxygen atoms in total. The number of amides is 2. The molecule has 0 aliphatic carbocycles. The molecule has 286 valence electrons. The van der Waals surface area contributed by atoms with E-state index in [1.54, 1.807) is 0 Å². The number of hydrogen-bond donors (Lipinski definition) is 8. The molecule has 0 radical (unpaired) electrons. The van der Waals surface area contributed by atoms with E-state index in [1.807, 2.05) is 36.4 Å². The van der Waals surface area contributed by atoms with Gasteiger partial charge in [-0.2, -0.15) is 0 Å². The summed E-state index contributed by atoms with van der Waals surface area (Å²) < 4.78 is 0. The highest BCUT2D eigenvalue weighted by molar-refractivity contribution is 6.31. The molecule has 2 unspecified atom stereocenters. The topological polar surface area (TPSA) is 212 Å². The van der Waals surface area contributed by atoms with Crippen LogP contribution in [0.15, 0.2) is 48.5 Å². The third-order valence-corrected chi connectivity index (χ3v) is 9.35. The molecule has 0 saturated heterocycles. The summed E-state index contributed by atoms with van der Waals surface area (Å²) >= 11 is 5.98. The number of aryl methyl sites for hydroxylation is 1. The number of hydrogen-bond acceptors (Lipinski definition) is 11. The lowest BCUT2D eigenvalue weighted by atomic mass is 9.95. The van der Waals surface area contributed by atoms with Gasteiger partial charge in [0.25, 0.3) is 11.8 Å². The van der Waals surface area contributed by atoms with E-state index in [-0.39, 0.29) is 47.3 Å². The lowest BCUT2D eigenvalue weighted by Crippen LogP contribution is -2.38. The molecule has 10 N–H and O–H groups in total. The first-order valence-electron chi connectivity index (χ1n) is 18.2. The van der Waals surface area contributed by atoms with Crippen LogP contribution in [-0.4, -0.2) is 100 Å². The summed E-state index contributed by atoms with van der Waals surface area (Å²) in [5.74, 6) is -0.737. The van der Waals surface area contributed by atoms with E-state index in [4.69, 9.17) is 28.2 Å². The van der Waals surface area contributed by atoms with E-state index < -0.39 is 18.1 Å². The highest BCUT2D eigenvalue weighted by Gasteiger charge is 2.20. The second-order valence-corrected chi connectivity index (χ2v) is 13.6. The van der Waals surface area contributed by atoms with E-state index in [0.29, 0.717) is 51.3 Å². The van der Waals surface area contributed by atoms with Crippen molar-refractivity contribution in [3.05, 3.63) is 81.6 Å². The molecule has 52 heavy (non-hydrogen) atoms. The van der Waals surface area contributed by atoms with E-state index in [1.165, 1.54) is 11.1 Å². The molecule has 1 aromatic heterocycles. The highest BCUT2D eigenvalue weighted by Crippen LogP contribution is 2.18. The first kappa shape index (κ1) is 42.6. The Bertz CT molecular complexity index is 1530. The predicted octanol–water partition coefficient (Wildman–Crippen LogP) is 3.09. The Balaban J connectivity index is 1.51. The van der Waals surface area contributed by atoms with Crippen LogP contribution in [0.3, 0.4) is 0 Å². The van der Waals surface area contributed by atoms with Crippen LogP contribution in [0.25, 0.3) is 0 Å². The van der Waals surface area contributed by atoms with Crippen molar-refractivity contribution in [1.82, 2.24) is 30.8 Å². The number of nitrogens with one attached hydrogen (secondary N) is 3. The van der Waals surface area contributed by atoms with Crippen LogP contribution in [0, 0.1) is 12.8 Å². The number of carbonyl (C=O) groups excluding carboxylic acids is 2. The molecule has 3 rings (SSSR count). The van der Waals surface area contributed by atoms with E-state index >= 15 is 0 Å². The van der Waals surface area contributed by atoms with Gasteiger partial charge in [0.05, 0.1) is 12.2 Å². The van der Waals surface area contributed by atoms with Gasteiger partial charge in [-0.3, -0.25) is 9.59 Å². The van der Waals surface area contributed by atoms with E-state index in [0.717, 1.165) is 44.2 Å². The number of aliphatic hydroxyl groups is 3. The van der Waals surface area contributed by atoms with Gasteiger partial charge in [-0.15, -0.1) is 0 Å². The summed E-state index contributed by atoms with van der Waals surface area (Å²) in [5, 5.41) is 38.6. The van der Waals surface area contributed by atoms with Gasteiger partial charge in [-0.25, -0.2) is 9.97 Å². The monoisotopic (exact) mass is 740 g/mol. The van der Waals surface area contributed by atoms with Gasteiger partial charge in [0.1, 0.15) is 0 Å². The fourth-order valence-corrected chi connectivity index (χ4v) is 5.98. The third-order valence-electron chi connectivity index (χ3n) is 9.07. The zero-order chi connectivity index (χ0) is 37.9. The maximum atomic E-state index is 12.9. The molecule has 1 heterocycles. The summed E-state index contributed by atoms with van der Waals surface area (Å²) in [7, 11) is 0. The first-order valence-corrected chi connectivity index (χ1v) is 18.6. The van der Waals surface area contributed by atoms with Crippen LogP contribution < -0.4 is 27.4 Å². The van der Waals surface area contributed by atoms with Crippen molar-refractivity contribution in [3.63, 3.8) is 0 Å². The standard InChI is InChI=1S/C38H57ClN8O5/c1-3-4-5-8-18-47(19-15-31(49)32(50)16-21-48)20-17-43-37(51)29-13-11-27(12-14-29)23-42-24-28(22-30-10-7-6-9-26(30)2)25-44-38(52)33-35(40)46-36(41)34(39)45-33/h6-7,9-14,28,31-32,42,48-50H,3-5,8,15-25H2,1-2H3,(H,43,51)(H,44,52)(H4,40,41,46)/t28-,31?,32?/m1/s1. The number of unbranched alkanes of at least 4 members (excludes halogenated alkanes) is 3. The van der Waals surface area contributed by atoms with Crippen molar-refractivity contribution in [3.8, 4) is 0 Å².